The summed E-state index contributed by atoms with van der Waals surface area (Å²) < 4.78 is 13.5. The third-order valence-electron chi connectivity index (χ3n) is 5.71. The molecule has 0 aliphatic carbocycles. The quantitative estimate of drug-likeness (QED) is 0.402. The standard InChI is InChI=1S/C25H34N6O5.ClH/c1-7-29(8-2)24(34)36-21-11-16(3)22-28-30(23(26)31(22)27-21)15-20(33)17-12-18(25(4,5)6)14-19(13-17)35-10-9-32;/h11-14,26,32H,7-10,15H2,1-6H3;1H. The Bertz CT molecular complexity index is 1320. The third kappa shape index (κ3) is 6.86. The van der Waals surface area contributed by atoms with Gasteiger partial charge in [-0.1, -0.05) is 20.8 Å². The molecule has 0 aliphatic heterocycles. The zero-order valence-corrected chi connectivity index (χ0v) is 22.9. The van der Waals surface area contributed by atoms with Crippen molar-refractivity contribution in [2.45, 2.75) is 53.5 Å². The number of rotatable bonds is 9. The summed E-state index contributed by atoms with van der Waals surface area (Å²) in [6.07, 6.45) is -0.529. The minimum atomic E-state index is -0.529. The highest BCUT2D eigenvalue weighted by molar-refractivity contribution is 5.96. The Hall–Kier alpha value is -3.44. The van der Waals surface area contributed by atoms with E-state index in [2.05, 4.69) is 10.2 Å². The maximum absolute atomic E-state index is 13.2. The van der Waals surface area contributed by atoms with Crippen LogP contribution in [0, 0.1) is 12.3 Å². The first kappa shape index (κ1) is 29.8. The molecule has 0 unspecified atom stereocenters. The lowest BCUT2D eigenvalue weighted by atomic mass is 9.85. The summed E-state index contributed by atoms with van der Waals surface area (Å²) in [6, 6.07) is 6.87. The second kappa shape index (κ2) is 12.2. The van der Waals surface area contributed by atoms with Crippen molar-refractivity contribution in [3.63, 3.8) is 0 Å². The van der Waals surface area contributed by atoms with Crippen LogP contribution in [0.4, 0.5) is 4.79 Å². The zero-order valence-electron chi connectivity index (χ0n) is 22.1. The molecular weight excluding hydrogens is 500 g/mol. The van der Waals surface area contributed by atoms with Crippen LogP contribution in [-0.4, -0.2) is 67.6 Å². The minimum absolute atomic E-state index is 0. The Morgan fingerprint density at radius 2 is 1.78 bits per heavy atom. The molecule has 3 aromatic rings. The number of aliphatic hydroxyl groups is 1. The number of aliphatic hydroxyl groups excluding tert-OH is 1. The maximum Gasteiger partial charge on any atom is 0.416 e. The van der Waals surface area contributed by atoms with Gasteiger partial charge >= 0.3 is 6.09 Å². The lowest BCUT2D eigenvalue weighted by Crippen LogP contribution is -2.33. The lowest BCUT2D eigenvalue weighted by Gasteiger charge is -2.21. The number of nitrogens with one attached hydrogen (secondary N) is 1. The van der Waals surface area contributed by atoms with Gasteiger partial charge in [-0.15, -0.1) is 22.6 Å². The predicted molar refractivity (Wildman–Crippen MR) is 140 cm³/mol. The van der Waals surface area contributed by atoms with E-state index < -0.39 is 6.09 Å². The van der Waals surface area contributed by atoms with E-state index in [1.165, 1.54) is 14.1 Å². The molecule has 1 amide bonds. The molecule has 0 aliphatic rings. The van der Waals surface area contributed by atoms with E-state index in [1.807, 2.05) is 46.8 Å². The second-order valence-electron chi connectivity index (χ2n) is 9.41. The van der Waals surface area contributed by atoms with E-state index in [4.69, 9.17) is 20.0 Å². The number of carbonyl (C=O) groups excluding carboxylic acids is 2. The number of halogens is 1. The highest BCUT2D eigenvalue weighted by Crippen LogP contribution is 2.28. The first-order valence-electron chi connectivity index (χ1n) is 11.9. The second-order valence-corrected chi connectivity index (χ2v) is 9.41. The average molecular weight is 535 g/mol. The minimum Gasteiger partial charge on any atom is -0.491 e. The summed E-state index contributed by atoms with van der Waals surface area (Å²) in [5.41, 5.74) is 1.98. The van der Waals surface area contributed by atoms with Crippen molar-refractivity contribution < 1.29 is 24.2 Å². The number of ketones is 1. The van der Waals surface area contributed by atoms with E-state index in [9.17, 15) is 9.59 Å². The van der Waals surface area contributed by atoms with Gasteiger partial charge in [-0.05, 0) is 49.9 Å². The molecule has 2 aromatic heterocycles. The molecule has 202 valence electrons. The molecule has 0 fully saturated rings. The molecule has 2 N–H and O–H groups in total. The van der Waals surface area contributed by atoms with Crippen LogP contribution in [0.1, 0.15) is 56.1 Å². The fraction of sp³-hybridized carbons (Fsp3) is 0.480. The SMILES string of the molecule is CCN(CC)C(=O)Oc1cc(C)c2nn(CC(=O)c3cc(OCCO)cc(C(C)(C)C)c3)c(=N)n2n1.Cl. The van der Waals surface area contributed by atoms with Crippen molar-refractivity contribution >= 4 is 29.9 Å². The number of Topliss-reactive ketones (excluding diaryl/α,β-unsaturated/α-hetero) is 1. The Balaban J connectivity index is 0.00000481. The van der Waals surface area contributed by atoms with Gasteiger partial charge in [0.1, 0.15) is 18.9 Å². The lowest BCUT2D eigenvalue weighted by molar-refractivity contribution is 0.0964. The summed E-state index contributed by atoms with van der Waals surface area (Å²) in [7, 11) is 0. The molecule has 12 heteroatoms. The van der Waals surface area contributed by atoms with Crippen LogP contribution in [0.25, 0.3) is 5.65 Å². The summed E-state index contributed by atoms with van der Waals surface area (Å²) in [4.78, 5) is 27.1. The molecule has 1 aromatic carbocycles. The Morgan fingerprint density at radius 1 is 1.11 bits per heavy atom. The van der Waals surface area contributed by atoms with Crippen LogP contribution in [0.2, 0.25) is 0 Å². The van der Waals surface area contributed by atoms with Crippen LogP contribution in [0.15, 0.2) is 24.3 Å². The molecule has 0 saturated carbocycles. The van der Waals surface area contributed by atoms with Crippen LogP contribution in [0.5, 0.6) is 11.6 Å². The highest BCUT2D eigenvalue weighted by Gasteiger charge is 2.20. The Labute approximate surface area is 221 Å². The molecule has 0 radical (unpaired) electrons. The molecule has 0 atom stereocenters. The van der Waals surface area contributed by atoms with E-state index in [0.717, 1.165) is 5.56 Å². The van der Waals surface area contributed by atoms with Crippen molar-refractivity contribution in [2.24, 2.45) is 0 Å². The van der Waals surface area contributed by atoms with E-state index in [0.29, 0.717) is 35.6 Å². The van der Waals surface area contributed by atoms with Gasteiger partial charge in [-0.25, -0.2) is 9.48 Å². The Morgan fingerprint density at radius 3 is 2.38 bits per heavy atom. The zero-order chi connectivity index (χ0) is 26.6. The van der Waals surface area contributed by atoms with Crippen LogP contribution < -0.4 is 15.1 Å². The fourth-order valence-electron chi connectivity index (χ4n) is 3.59. The van der Waals surface area contributed by atoms with Gasteiger partial charge in [0.05, 0.1) is 6.61 Å². The number of hydrogen-bond acceptors (Lipinski definition) is 8. The number of carbonyl (C=O) groups is 2. The predicted octanol–water partition coefficient (Wildman–Crippen LogP) is 3.13. The summed E-state index contributed by atoms with van der Waals surface area (Å²) >= 11 is 0. The van der Waals surface area contributed by atoms with Gasteiger partial charge in [0.2, 0.25) is 11.5 Å². The molecule has 0 saturated heterocycles. The van der Waals surface area contributed by atoms with Gasteiger partial charge in [-0.3, -0.25) is 10.2 Å². The van der Waals surface area contributed by atoms with E-state index in [-0.39, 0.29) is 54.9 Å². The highest BCUT2D eigenvalue weighted by atomic mass is 35.5. The number of aryl methyl sites for hydroxylation is 1. The Kier molecular flexibility index (Phi) is 9.82. The van der Waals surface area contributed by atoms with E-state index >= 15 is 0 Å². The molecule has 2 heterocycles. The number of ether oxygens (including phenoxy) is 2. The van der Waals surface area contributed by atoms with E-state index in [1.54, 1.807) is 19.1 Å². The summed E-state index contributed by atoms with van der Waals surface area (Å²) in [6.45, 7) is 12.3. The van der Waals surface area contributed by atoms with Gasteiger partial charge in [0, 0.05) is 30.3 Å². The maximum atomic E-state index is 13.2. The largest absolute Gasteiger partial charge is 0.491 e. The number of benzene rings is 1. The van der Waals surface area contributed by atoms with Gasteiger partial charge in [0.15, 0.2) is 11.4 Å². The number of hydrogen-bond donors (Lipinski definition) is 2. The smallest absolute Gasteiger partial charge is 0.416 e. The topological polar surface area (TPSA) is 135 Å². The summed E-state index contributed by atoms with van der Waals surface area (Å²) in [5, 5.41) is 26.3. The van der Waals surface area contributed by atoms with Crippen molar-refractivity contribution in [3.8, 4) is 11.6 Å². The number of nitrogens with zero attached hydrogens (tertiary/aromatic N) is 5. The van der Waals surface area contributed by atoms with Gasteiger partial charge < -0.3 is 19.5 Å². The average Bonchev–Trinajstić information content (AvgIpc) is 3.13. The van der Waals surface area contributed by atoms with Crippen LogP contribution in [0.3, 0.4) is 0 Å². The van der Waals surface area contributed by atoms with Crippen molar-refractivity contribution in [3.05, 3.63) is 46.6 Å². The molecule has 3 rings (SSSR count). The summed E-state index contributed by atoms with van der Waals surface area (Å²) in [5.74, 6) is 0.274. The van der Waals surface area contributed by atoms with Crippen molar-refractivity contribution in [2.75, 3.05) is 26.3 Å². The van der Waals surface area contributed by atoms with Gasteiger partial charge in [0.25, 0.3) is 0 Å². The number of fused-ring (bicyclic) bond motifs is 1. The van der Waals surface area contributed by atoms with Crippen molar-refractivity contribution in [1.82, 2.24) is 24.3 Å². The molecular formula is C25H35ClN6O5. The molecule has 0 spiro atoms. The first-order valence-corrected chi connectivity index (χ1v) is 11.9. The third-order valence-corrected chi connectivity index (χ3v) is 5.71. The number of amides is 1. The van der Waals surface area contributed by atoms with Crippen molar-refractivity contribution in [1.29, 1.82) is 5.41 Å². The molecule has 11 nitrogen and oxygen atoms in total. The molecule has 37 heavy (non-hydrogen) atoms. The van der Waals surface area contributed by atoms with Crippen LogP contribution in [-0.2, 0) is 12.0 Å². The van der Waals surface area contributed by atoms with Gasteiger partial charge in [-0.2, -0.15) is 4.52 Å². The fourth-order valence-corrected chi connectivity index (χ4v) is 3.59. The first-order chi connectivity index (χ1) is 17.0. The normalized spacial score (nSPS) is 11.2. The molecule has 0 bridgehead atoms. The monoisotopic (exact) mass is 534 g/mol. The number of aromatic nitrogens is 4. The van der Waals surface area contributed by atoms with Crippen LogP contribution >= 0.6 is 12.4 Å².